The SMILES string of the molecule is CN(C)C(=O)C(=O)N(C)C12CCC(CC1)n1c2nc(C(=O)NCc2ccc(F)cc2)c(O)c1=O. The minimum atomic E-state index is -1.06. The lowest BCUT2D eigenvalue weighted by Gasteiger charge is -2.51. The summed E-state index contributed by atoms with van der Waals surface area (Å²) in [6.07, 6.45) is 2.07. The number of rotatable bonds is 4. The summed E-state index contributed by atoms with van der Waals surface area (Å²) in [7, 11) is 4.44. The summed E-state index contributed by atoms with van der Waals surface area (Å²) in [5.41, 5.74) is -1.65. The first-order chi connectivity index (χ1) is 16.1. The van der Waals surface area contributed by atoms with Gasteiger partial charge < -0.3 is 20.2 Å². The van der Waals surface area contributed by atoms with Gasteiger partial charge in [-0.3, -0.25) is 23.7 Å². The highest BCUT2D eigenvalue weighted by molar-refractivity contribution is 6.34. The van der Waals surface area contributed by atoms with E-state index < -0.39 is 46.1 Å². The van der Waals surface area contributed by atoms with Crippen LogP contribution in [0.3, 0.4) is 0 Å². The fraction of sp³-hybridized carbons (Fsp3) is 0.435. The van der Waals surface area contributed by atoms with Crippen LogP contribution >= 0.6 is 0 Å². The Bertz CT molecular complexity index is 1220. The normalized spacial score (nSPS) is 20.4. The van der Waals surface area contributed by atoms with Gasteiger partial charge in [0.2, 0.25) is 5.75 Å². The molecular weight excluding hydrogens is 445 g/mol. The van der Waals surface area contributed by atoms with E-state index in [1.165, 1.54) is 59.8 Å². The lowest BCUT2D eigenvalue weighted by Crippen LogP contribution is -2.59. The van der Waals surface area contributed by atoms with Crippen LogP contribution in [-0.2, 0) is 21.7 Å². The second-order valence-corrected chi connectivity index (χ2v) is 8.94. The Labute approximate surface area is 195 Å². The predicted octanol–water partition coefficient (Wildman–Crippen LogP) is 0.889. The Morgan fingerprint density at radius 2 is 1.76 bits per heavy atom. The monoisotopic (exact) mass is 471 g/mol. The smallest absolute Gasteiger partial charge is 0.312 e. The summed E-state index contributed by atoms with van der Waals surface area (Å²) in [5.74, 6) is -3.24. The molecule has 2 N–H and O–H groups in total. The standard InChI is InChI=1S/C23H26FN5O5/c1-27(2)20(33)21(34)28(3)23-10-8-15(9-11-23)29-19(32)17(30)16(26-22(23)29)18(31)25-12-13-4-6-14(24)7-5-13/h4-7,15,30H,8-12H2,1-3H3,(H,25,31). The van der Waals surface area contributed by atoms with Gasteiger partial charge in [0.25, 0.3) is 11.5 Å². The van der Waals surface area contributed by atoms with Crippen molar-refractivity contribution in [3.05, 3.63) is 57.5 Å². The van der Waals surface area contributed by atoms with Crippen LogP contribution < -0.4 is 10.9 Å². The first-order valence-corrected chi connectivity index (χ1v) is 10.9. The van der Waals surface area contributed by atoms with Gasteiger partial charge in [-0.1, -0.05) is 12.1 Å². The van der Waals surface area contributed by atoms with Crippen LogP contribution in [0, 0.1) is 5.82 Å². The lowest BCUT2D eigenvalue weighted by molar-refractivity contribution is -0.155. The molecule has 0 unspecified atom stereocenters. The molecule has 10 nitrogen and oxygen atoms in total. The van der Waals surface area contributed by atoms with Gasteiger partial charge in [0, 0.05) is 33.7 Å². The van der Waals surface area contributed by atoms with Gasteiger partial charge >= 0.3 is 11.8 Å². The molecule has 3 heterocycles. The summed E-state index contributed by atoms with van der Waals surface area (Å²) >= 11 is 0. The summed E-state index contributed by atoms with van der Waals surface area (Å²) in [6.45, 7) is 0.0299. The number of amides is 3. The first-order valence-electron chi connectivity index (χ1n) is 10.9. The molecule has 1 saturated carbocycles. The number of hydrogen-bond acceptors (Lipinski definition) is 6. The molecule has 0 radical (unpaired) electrons. The zero-order valence-electron chi connectivity index (χ0n) is 19.2. The van der Waals surface area contributed by atoms with Gasteiger partial charge in [-0.25, -0.2) is 9.37 Å². The maximum absolute atomic E-state index is 13.1. The molecule has 0 atom stereocenters. The first kappa shape index (κ1) is 23.4. The Hall–Kier alpha value is -3.76. The number of fused-ring (bicyclic) bond motifs is 2. The van der Waals surface area contributed by atoms with Crippen molar-refractivity contribution < 1.29 is 23.9 Å². The van der Waals surface area contributed by atoms with E-state index in [0.29, 0.717) is 31.2 Å². The minimum Gasteiger partial charge on any atom is -0.501 e. The largest absolute Gasteiger partial charge is 0.501 e. The molecule has 11 heteroatoms. The highest BCUT2D eigenvalue weighted by Crippen LogP contribution is 2.50. The van der Waals surface area contributed by atoms with Crippen LogP contribution in [0.5, 0.6) is 5.75 Å². The molecular formula is C23H26FN5O5. The molecule has 5 rings (SSSR count). The van der Waals surface area contributed by atoms with Crippen molar-refractivity contribution in [3.8, 4) is 5.75 Å². The maximum atomic E-state index is 13.1. The summed E-state index contributed by atoms with van der Waals surface area (Å²) in [5, 5.41) is 13.1. The van der Waals surface area contributed by atoms with Crippen molar-refractivity contribution in [3.63, 3.8) is 0 Å². The van der Waals surface area contributed by atoms with E-state index in [0.717, 1.165) is 0 Å². The molecule has 2 bridgehead atoms. The molecule has 180 valence electrons. The molecule has 1 aromatic heterocycles. The number of hydrogen-bond donors (Lipinski definition) is 2. The maximum Gasteiger partial charge on any atom is 0.312 e. The van der Waals surface area contributed by atoms with E-state index in [2.05, 4.69) is 10.3 Å². The zero-order valence-corrected chi connectivity index (χ0v) is 19.2. The Morgan fingerprint density at radius 1 is 1.15 bits per heavy atom. The van der Waals surface area contributed by atoms with Gasteiger partial charge in [-0.2, -0.15) is 0 Å². The van der Waals surface area contributed by atoms with Crippen molar-refractivity contribution in [2.75, 3.05) is 21.1 Å². The summed E-state index contributed by atoms with van der Waals surface area (Å²) < 4.78 is 14.5. The number of aromatic nitrogens is 2. The predicted molar refractivity (Wildman–Crippen MR) is 118 cm³/mol. The minimum absolute atomic E-state index is 0.0299. The number of carbonyl (C=O) groups is 3. The third-order valence-electron chi connectivity index (χ3n) is 6.77. The number of nitrogens with zero attached hydrogens (tertiary/aromatic N) is 4. The van der Waals surface area contributed by atoms with Crippen molar-refractivity contribution >= 4 is 17.7 Å². The number of carbonyl (C=O) groups excluding carboxylic acids is 3. The van der Waals surface area contributed by atoms with E-state index in [-0.39, 0.29) is 18.4 Å². The summed E-state index contributed by atoms with van der Waals surface area (Å²) in [4.78, 5) is 58.1. The molecule has 1 aliphatic carbocycles. The zero-order chi connectivity index (χ0) is 24.8. The third-order valence-corrected chi connectivity index (χ3v) is 6.77. The van der Waals surface area contributed by atoms with Crippen molar-refractivity contribution in [2.24, 2.45) is 0 Å². The van der Waals surface area contributed by atoms with E-state index in [4.69, 9.17) is 0 Å². The van der Waals surface area contributed by atoms with Crippen molar-refractivity contribution in [1.29, 1.82) is 0 Å². The Balaban J connectivity index is 1.72. The van der Waals surface area contributed by atoms with Crippen LogP contribution in [0.2, 0.25) is 0 Å². The molecule has 3 amide bonds. The number of benzene rings is 1. The second kappa shape index (κ2) is 8.54. The van der Waals surface area contributed by atoms with Crippen molar-refractivity contribution in [1.82, 2.24) is 24.7 Å². The number of halogens is 1. The fourth-order valence-electron chi connectivity index (χ4n) is 4.79. The van der Waals surface area contributed by atoms with E-state index in [1.54, 1.807) is 0 Å². The molecule has 1 aromatic carbocycles. The second-order valence-electron chi connectivity index (χ2n) is 8.94. The average molecular weight is 471 g/mol. The Morgan fingerprint density at radius 3 is 2.35 bits per heavy atom. The van der Waals surface area contributed by atoms with Gasteiger partial charge in [-0.15, -0.1) is 0 Å². The topological polar surface area (TPSA) is 125 Å². The molecule has 3 aliphatic rings. The molecule has 1 fully saturated rings. The van der Waals surface area contributed by atoms with Gasteiger partial charge in [0.05, 0.1) is 0 Å². The molecule has 2 aliphatic heterocycles. The van der Waals surface area contributed by atoms with Crippen LogP contribution in [0.1, 0.15) is 53.6 Å². The fourth-order valence-corrected chi connectivity index (χ4v) is 4.79. The van der Waals surface area contributed by atoms with E-state index in [9.17, 15) is 28.7 Å². The molecule has 0 saturated heterocycles. The molecule has 0 spiro atoms. The quantitative estimate of drug-likeness (QED) is 0.638. The van der Waals surface area contributed by atoms with E-state index >= 15 is 0 Å². The van der Waals surface area contributed by atoms with Crippen LogP contribution in [0.25, 0.3) is 0 Å². The lowest BCUT2D eigenvalue weighted by atomic mass is 9.73. The number of likely N-dealkylation sites (N-methyl/N-ethyl adjacent to an activating group) is 2. The van der Waals surface area contributed by atoms with Crippen LogP contribution in [-0.4, -0.2) is 63.3 Å². The average Bonchev–Trinajstić information content (AvgIpc) is 2.84. The van der Waals surface area contributed by atoms with E-state index in [1.807, 2.05) is 0 Å². The highest BCUT2D eigenvalue weighted by atomic mass is 19.1. The van der Waals surface area contributed by atoms with Gasteiger partial charge in [0.15, 0.2) is 5.69 Å². The number of nitrogens with one attached hydrogen (secondary N) is 1. The van der Waals surface area contributed by atoms with Gasteiger partial charge in [0.1, 0.15) is 17.2 Å². The van der Waals surface area contributed by atoms with Crippen LogP contribution in [0.15, 0.2) is 29.1 Å². The highest BCUT2D eigenvalue weighted by Gasteiger charge is 2.52. The van der Waals surface area contributed by atoms with Crippen molar-refractivity contribution in [2.45, 2.75) is 43.8 Å². The molecule has 2 aromatic rings. The van der Waals surface area contributed by atoms with Crippen LogP contribution in [0.4, 0.5) is 4.39 Å². The third kappa shape index (κ3) is 3.70. The molecule has 34 heavy (non-hydrogen) atoms. The Kier molecular flexibility index (Phi) is 5.88. The summed E-state index contributed by atoms with van der Waals surface area (Å²) in [6, 6.07) is 5.30. The number of aromatic hydroxyl groups is 1. The van der Waals surface area contributed by atoms with Gasteiger partial charge in [-0.05, 0) is 43.4 Å².